The van der Waals surface area contributed by atoms with Crippen molar-refractivity contribution in [2.45, 2.75) is 44.2 Å². The molecule has 0 aliphatic heterocycles. The SMILES string of the molecule is CCCNC(=O)C(CC)N(Cc1ccccc1)C(=O)CN(c1cccc(Br)c1)S(=O)(=O)c1ccccc1. The van der Waals surface area contributed by atoms with Gasteiger partial charge < -0.3 is 10.2 Å². The molecule has 9 heteroatoms. The first-order valence-electron chi connectivity index (χ1n) is 12.2. The lowest BCUT2D eigenvalue weighted by molar-refractivity contribution is -0.140. The summed E-state index contributed by atoms with van der Waals surface area (Å²) in [4.78, 5) is 28.5. The van der Waals surface area contributed by atoms with Crippen LogP contribution in [0.1, 0.15) is 32.3 Å². The molecule has 0 heterocycles. The van der Waals surface area contributed by atoms with Crippen molar-refractivity contribution < 1.29 is 18.0 Å². The summed E-state index contributed by atoms with van der Waals surface area (Å²) in [5.41, 5.74) is 1.19. The van der Waals surface area contributed by atoms with E-state index in [2.05, 4.69) is 21.2 Å². The van der Waals surface area contributed by atoms with Crippen molar-refractivity contribution in [3.8, 4) is 0 Å². The molecule has 0 saturated carbocycles. The fraction of sp³-hybridized carbons (Fsp3) is 0.286. The summed E-state index contributed by atoms with van der Waals surface area (Å²) in [6.45, 7) is 4.01. The maximum absolute atomic E-state index is 13.9. The van der Waals surface area contributed by atoms with Crippen LogP contribution in [0.25, 0.3) is 0 Å². The van der Waals surface area contributed by atoms with Crippen LogP contribution in [0, 0.1) is 0 Å². The highest BCUT2D eigenvalue weighted by molar-refractivity contribution is 9.10. The fourth-order valence-corrected chi connectivity index (χ4v) is 5.76. The van der Waals surface area contributed by atoms with Gasteiger partial charge in [-0.1, -0.05) is 84.4 Å². The number of hydrogen-bond acceptors (Lipinski definition) is 4. The fourth-order valence-electron chi connectivity index (χ4n) is 3.95. The van der Waals surface area contributed by atoms with Crippen LogP contribution >= 0.6 is 15.9 Å². The number of halogens is 1. The van der Waals surface area contributed by atoms with Crippen LogP contribution in [0.2, 0.25) is 0 Å². The highest BCUT2D eigenvalue weighted by Gasteiger charge is 2.33. The molecule has 2 amide bonds. The molecular formula is C28H32BrN3O4S. The van der Waals surface area contributed by atoms with Crippen molar-refractivity contribution in [3.63, 3.8) is 0 Å². The van der Waals surface area contributed by atoms with Crippen LogP contribution in [0.3, 0.4) is 0 Å². The number of sulfonamides is 1. The summed E-state index contributed by atoms with van der Waals surface area (Å²) in [6.07, 6.45) is 1.15. The number of carbonyl (C=O) groups excluding carboxylic acids is 2. The molecule has 1 unspecified atom stereocenters. The summed E-state index contributed by atoms with van der Waals surface area (Å²) >= 11 is 3.40. The van der Waals surface area contributed by atoms with Gasteiger partial charge in [-0.3, -0.25) is 13.9 Å². The molecule has 0 aliphatic rings. The zero-order valence-electron chi connectivity index (χ0n) is 21.0. The number of hydrogen-bond donors (Lipinski definition) is 1. The summed E-state index contributed by atoms with van der Waals surface area (Å²) in [5.74, 6) is -0.726. The van der Waals surface area contributed by atoms with Crippen molar-refractivity contribution >= 4 is 43.5 Å². The minimum absolute atomic E-state index is 0.0742. The molecule has 3 aromatic carbocycles. The first-order valence-corrected chi connectivity index (χ1v) is 14.5. The van der Waals surface area contributed by atoms with Crippen LogP contribution in [-0.4, -0.2) is 44.3 Å². The first-order chi connectivity index (χ1) is 17.8. The van der Waals surface area contributed by atoms with E-state index in [1.54, 1.807) is 42.5 Å². The lowest BCUT2D eigenvalue weighted by atomic mass is 10.1. The molecule has 0 bridgehead atoms. The summed E-state index contributed by atoms with van der Waals surface area (Å²) in [7, 11) is -4.07. The molecule has 0 aliphatic carbocycles. The molecule has 196 valence electrons. The van der Waals surface area contributed by atoms with Gasteiger partial charge in [0.05, 0.1) is 10.6 Å². The van der Waals surface area contributed by atoms with Crippen LogP contribution in [0.5, 0.6) is 0 Å². The molecule has 0 aromatic heterocycles. The molecule has 1 N–H and O–H groups in total. The lowest BCUT2D eigenvalue weighted by Gasteiger charge is -2.33. The Morgan fingerprint density at radius 1 is 0.919 bits per heavy atom. The Morgan fingerprint density at radius 2 is 1.57 bits per heavy atom. The molecule has 0 radical (unpaired) electrons. The lowest BCUT2D eigenvalue weighted by Crippen LogP contribution is -2.52. The minimum atomic E-state index is -4.07. The molecule has 7 nitrogen and oxygen atoms in total. The number of benzene rings is 3. The number of nitrogens with zero attached hydrogens (tertiary/aromatic N) is 2. The largest absolute Gasteiger partial charge is 0.354 e. The van der Waals surface area contributed by atoms with Gasteiger partial charge in [-0.05, 0) is 48.7 Å². The van der Waals surface area contributed by atoms with E-state index in [1.165, 1.54) is 17.0 Å². The number of amides is 2. The first kappa shape index (κ1) is 28.4. The molecule has 3 aromatic rings. The second-order valence-electron chi connectivity index (χ2n) is 8.53. The molecule has 0 spiro atoms. The third-order valence-corrected chi connectivity index (χ3v) is 8.12. The summed E-state index contributed by atoms with van der Waals surface area (Å²) < 4.78 is 29.3. The van der Waals surface area contributed by atoms with Gasteiger partial charge in [0.1, 0.15) is 12.6 Å². The van der Waals surface area contributed by atoms with E-state index in [1.807, 2.05) is 44.2 Å². The van der Waals surface area contributed by atoms with Crippen molar-refractivity contribution in [2.75, 3.05) is 17.4 Å². The zero-order valence-corrected chi connectivity index (χ0v) is 23.4. The predicted octanol–water partition coefficient (Wildman–Crippen LogP) is 4.98. The summed E-state index contributed by atoms with van der Waals surface area (Å²) in [5, 5.41) is 2.88. The number of anilines is 1. The number of carbonyl (C=O) groups is 2. The van der Waals surface area contributed by atoms with E-state index in [-0.39, 0.29) is 17.3 Å². The highest BCUT2D eigenvalue weighted by atomic mass is 79.9. The van der Waals surface area contributed by atoms with Crippen LogP contribution in [-0.2, 0) is 26.2 Å². The Bertz CT molecular complexity index is 1290. The molecule has 1 atom stereocenters. The van der Waals surface area contributed by atoms with Crippen LogP contribution in [0.4, 0.5) is 5.69 Å². The van der Waals surface area contributed by atoms with Gasteiger partial charge in [-0.2, -0.15) is 0 Å². The summed E-state index contributed by atoms with van der Waals surface area (Å²) in [6, 6.07) is 23.4. The zero-order chi connectivity index (χ0) is 26.8. The Morgan fingerprint density at radius 3 is 2.16 bits per heavy atom. The van der Waals surface area contributed by atoms with Gasteiger partial charge in [0.2, 0.25) is 11.8 Å². The minimum Gasteiger partial charge on any atom is -0.354 e. The number of nitrogens with one attached hydrogen (secondary N) is 1. The van der Waals surface area contributed by atoms with Crippen molar-refractivity contribution in [3.05, 3.63) is 95.0 Å². The van der Waals surface area contributed by atoms with Gasteiger partial charge >= 0.3 is 0 Å². The predicted molar refractivity (Wildman–Crippen MR) is 149 cm³/mol. The van der Waals surface area contributed by atoms with Crippen molar-refractivity contribution in [1.82, 2.24) is 10.2 Å². The third-order valence-electron chi connectivity index (χ3n) is 5.84. The Labute approximate surface area is 227 Å². The van der Waals surface area contributed by atoms with E-state index in [4.69, 9.17) is 0 Å². The van der Waals surface area contributed by atoms with E-state index >= 15 is 0 Å². The second-order valence-corrected chi connectivity index (χ2v) is 11.3. The Hall–Kier alpha value is -3.17. The van der Waals surface area contributed by atoms with E-state index in [9.17, 15) is 18.0 Å². The second kappa shape index (κ2) is 13.4. The van der Waals surface area contributed by atoms with Crippen LogP contribution < -0.4 is 9.62 Å². The highest BCUT2D eigenvalue weighted by Crippen LogP contribution is 2.27. The monoisotopic (exact) mass is 585 g/mol. The third kappa shape index (κ3) is 7.42. The van der Waals surface area contributed by atoms with E-state index in [0.717, 1.165) is 16.3 Å². The van der Waals surface area contributed by atoms with Crippen molar-refractivity contribution in [2.24, 2.45) is 0 Å². The van der Waals surface area contributed by atoms with E-state index < -0.39 is 28.5 Å². The van der Waals surface area contributed by atoms with Gasteiger partial charge in [0, 0.05) is 17.6 Å². The quantitative estimate of drug-likeness (QED) is 0.325. The Kier molecular flexibility index (Phi) is 10.3. The topological polar surface area (TPSA) is 86.8 Å². The van der Waals surface area contributed by atoms with Crippen molar-refractivity contribution in [1.29, 1.82) is 0 Å². The van der Waals surface area contributed by atoms with Crippen LogP contribution in [0.15, 0.2) is 94.3 Å². The maximum Gasteiger partial charge on any atom is 0.264 e. The molecule has 3 rings (SSSR count). The van der Waals surface area contributed by atoms with Gasteiger partial charge in [0.15, 0.2) is 0 Å². The maximum atomic E-state index is 13.9. The smallest absolute Gasteiger partial charge is 0.264 e. The standard InChI is InChI=1S/C28H32BrN3O4S/c1-3-18-30-28(34)26(4-2)31(20-22-12-7-5-8-13-22)27(33)21-32(24-15-11-14-23(29)19-24)37(35,36)25-16-9-6-10-17-25/h5-17,19,26H,3-4,18,20-21H2,1-2H3,(H,30,34). The molecule has 0 fully saturated rings. The molecule has 37 heavy (non-hydrogen) atoms. The molecular weight excluding hydrogens is 554 g/mol. The normalized spacial score (nSPS) is 12.0. The molecule has 0 saturated heterocycles. The average molecular weight is 587 g/mol. The Balaban J connectivity index is 2.03. The van der Waals surface area contributed by atoms with Gasteiger partial charge in [-0.15, -0.1) is 0 Å². The van der Waals surface area contributed by atoms with Gasteiger partial charge in [-0.25, -0.2) is 8.42 Å². The van der Waals surface area contributed by atoms with Gasteiger partial charge in [0.25, 0.3) is 10.0 Å². The number of rotatable bonds is 12. The average Bonchev–Trinajstić information content (AvgIpc) is 2.91. The van der Waals surface area contributed by atoms with E-state index in [0.29, 0.717) is 23.1 Å².